The zero-order valence-corrected chi connectivity index (χ0v) is 15.7. The van der Waals surface area contributed by atoms with E-state index < -0.39 is 0 Å². The highest BCUT2D eigenvalue weighted by atomic mass is 16.5. The molecule has 1 aromatic carbocycles. The van der Waals surface area contributed by atoms with E-state index in [0.717, 1.165) is 31.7 Å². The van der Waals surface area contributed by atoms with Crippen LogP contribution in [0.4, 0.5) is 11.5 Å². The van der Waals surface area contributed by atoms with Gasteiger partial charge in [0.2, 0.25) is 0 Å². The predicted octanol–water partition coefficient (Wildman–Crippen LogP) is 3.81. The summed E-state index contributed by atoms with van der Waals surface area (Å²) in [6.07, 6.45) is 3.59. The number of para-hydroxylation sites is 2. The third-order valence-corrected chi connectivity index (χ3v) is 4.24. The summed E-state index contributed by atoms with van der Waals surface area (Å²) in [5, 5.41) is 2.92. The molecular weight excluding hydrogens is 328 g/mol. The maximum absolute atomic E-state index is 12.8. The van der Waals surface area contributed by atoms with Crippen molar-refractivity contribution < 1.29 is 9.53 Å². The van der Waals surface area contributed by atoms with Crippen LogP contribution in [-0.4, -0.2) is 35.1 Å². The van der Waals surface area contributed by atoms with E-state index in [0.29, 0.717) is 23.0 Å². The number of anilines is 2. The van der Waals surface area contributed by atoms with E-state index in [4.69, 9.17) is 4.74 Å². The van der Waals surface area contributed by atoms with E-state index in [1.165, 1.54) is 6.42 Å². The van der Waals surface area contributed by atoms with Crippen LogP contribution in [0.3, 0.4) is 0 Å². The maximum Gasteiger partial charge on any atom is 0.274 e. The highest BCUT2D eigenvalue weighted by Gasteiger charge is 2.17. The van der Waals surface area contributed by atoms with Crippen molar-refractivity contribution in [3.05, 3.63) is 41.9 Å². The average molecular weight is 354 g/mol. The van der Waals surface area contributed by atoms with Crippen LogP contribution in [0.15, 0.2) is 30.3 Å². The lowest BCUT2D eigenvalue weighted by Crippen LogP contribution is -2.31. The van der Waals surface area contributed by atoms with E-state index >= 15 is 0 Å². The number of carbonyl (C=O) groups is 1. The van der Waals surface area contributed by atoms with Crippen LogP contribution >= 0.6 is 0 Å². The number of carbonyl (C=O) groups excluding carboxylic acids is 1. The summed E-state index contributed by atoms with van der Waals surface area (Å²) in [5.74, 6) is 1.82. The normalized spacial score (nSPS) is 14.4. The lowest BCUT2D eigenvalue weighted by molar-refractivity contribution is 0.102. The molecule has 0 saturated carbocycles. The third kappa shape index (κ3) is 4.50. The van der Waals surface area contributed by atoms with Gasteiger partial charge in [-0.3, -0.25) is 4.79 Å². The Morgan fingerprint density at radius 3 is 2.62 bits per heavy atom. The number of nitrogens with one attached hydrogen (secondary N) is 1. The van der Waals surface area contributed by atoms with Gasteiger partial charge in [0.1, 0.15) is 23.1 Å². The molecule has 2 aromatic rings. The van der Waals surface area contributed by atoms with Gasteiger partial charge in [0.25, 0.3) is 5.91 Å². The van der Waals surface area contributed by atoms with Crippen molar-refractivity contribution in [3.8, 4) is 5.75 Å². The maximum atomic E-state index is 12.8. The Morgan fingerprint density at radius 2 is 1.88 bits per heavy atom. The Morgan fingerprint density at radius 1 is 1.15 bits per heavy atom. The molecule has 0 atom stereocenters. The first-order valence-corrected chi connectivity index (χ1v) is 9.20. The number of amides is 1. The molecule has 6 nitrogen and oxygen atoms in total. The quantitative estimate of drug-likeness (QED) is 0.884. The lowest BCUT2D eigenvalue weighted by Gasteiger charge is -2.28. The second-order valence-corrected chi connectivity index (χ2v) is 6.82. The molecular formula is C20H26N4O2. The van der Waals surface area contributed by atoms with Crippen LogP contribution in [0.5, 0.6) is 5.75 Å². The summed E-state index contributed by atoms with van der Waals surface area (Å²) in [6, 6.07) is 9.21. The smallest absolute Gasteiger partial charge is 0.274 e. The molecule has 1 aromatic heterocycles. The highest BCUT2D eigenvalue weighted by molar-refractivity contribution is 6.04. The van der Waals surface area contributed by atoms with E-state index in [2.05, 4.69) is 20.2 Å². The van der Waals surface area contributed by atoms with Crippen molar-refractivity contribution >= 4 is 17.4 Å². The van der Waals surface area contributed by atoms with Crippen LogP contribution in [0.25, 0.3) is 0 Å². The minimum absolute atomic E-state index is 0.0278. The predicted molar refractivity (Wildman–Crippen MR) is 103 cm³/mol. The number of benzene rings is 1. The molecule has 26 heavy (non-hydrogen) atoms. The summed E-state index contributed by atoms with van der Waals surface area (Å²) in [5.41, 5.74) is 1.01. The Balaban J connectivity index is 1.81. The summed E-state index contributed by atoms with van der Waals surface area (Å²) >= 11 is 0. The van der Waals surface area contributed by atoms with Crippen molar-refractivity contribution in [3.63, 3.8) is 0 Å². The first-order chi connectivity index (χ1) is 12.5. The average Bonchev–Trinajstić information content (AvgIpc) is 2.63. The molecule has 0 spiro atoms. The molecule has 1 N–H and O–H groups in total. The minimum Gasteiger partial charge on any atom is -0.489 e. The summed E-state index contributed by atoms with van der Waals surface area (Å²) in [6.45, 7) is 7.68. The van der Waals surface area contributed by atoms with E-state index in [1.54, 1.807) is 6.07 Å². The van der Waals surface area contributed by atoms with Crippen molar-refractivity contribution in [2.45, 2.75) is 46.1 Å². The molecule has 2 heterocycles. The SMILES string of the molecule is Cc1nc(C(=O)Nc2ccccc2OC(C)C)cc(N2CCCCC2)n1. The Labute approximate surface area is 154 Å². The molecule has 0 bridgehead atoms. The Bertz CT molecular complexity index is 770. The van der Waals surface area contributed by atoms with Gasteiger partial charge in [-0.2, -0.15) is 0 Å². The number of rotatable bonds is 5. The van der Waals surface area contributed by atoms with E-state index in [9.17, 15) is 4.79 Å². The van der Waals surface area contributed by atoms with Crippen LogP contribution in [0, 0.1) is 6.92 Å². The van der Waals surface area contributed by atoms with Gasteiger partial charge in [0.05, 0.1) is 11.8 Å². The molecule has 138 valence electrons. The van der Waals surface area contributed by atoms with Gasteiger partial charge in [-0.05, 0) is 52.2 Å². The van der Waals surface area contributed by atoms with Gasteiger partial charge in [0.15, 0.2) is 0 Å². The first-order valence-electron chi connectivity index (χ1n) is 9.20. The van der Waals surface area contributed by atoms with Crippen molar-refractivity contribution in [1.82, 2.24) is 9.97 Å². The largest absolute Gasteiger partial charge is 0.489 e. The highest BCUT2D eigenvalue weighted by Crippen LogP contribution is 2.26. The molecule has 1 amide bonds. The van der Waals surface area contributed by atoms with Crippen LogP contribution < -0.4 is 15.0 Å². The summed E-state index contributed by atoms with van der Waals surface area (Å²) in [4.78, 5) is 23.8. The molecule has 1 aliphatic heterocycles. The van der Waals surface area contributed by atoms with Crippen molar-refractivity contribution in [1.29, 1.82) is 0 Å². The fourth-order valence-electron chi connectivity index (χ4n) is 3.07. The van der Waals surface area contributed by atoms with E-state index in [1.807, 2.05) is 45.0 Å². The Hall–Kier alpha value is -2.63. The van der Waals surface area contributed by atoms with Gasteiger partial charge >= 0.3 is 0 Å². The fraction of sp³-hybridized carbons (Fsp3) is 0.450. The lowest BCUT2D eigenvalue weighted by atomic mass is 10.1. The molecule has 3 rings (SSSR count). The second kappa shape index (κ2) is 8.17. The zero-order valence-electron chi connectivity index (χ0n) is 15.7. The van der Waals surface area contributed by atoms with Gasteiger partial charge in [-0.25, -0.2) is 9.97 Å². The van der Waals surface area contributed by atoms with Crippen LogP contribution in [-0.2, 0) is 0 Å². The van der Waals surface area contributed by atoms with Crippen LogP contribution in [0.1, 0.15) is 49.4 Å². The number of hydrogen-bond acceptors (Lipinski definition) is 5. The molecule has 0 aliphatic carbocycles. The number of piperidine rings is 1. The molecule has 0 radical (unpaired) electrons. The summed E-state index contributed by atoms with van der Waals surface area (Å²) in [7, 11) is 0. The first kappa shape index (κ1) is 18.2. The third-order valence-electron chi connectivity index (χ3n) is 4.24. The van der Waals surface area contributed by atoms with Gasteiger partial charge < -0.3 is 15.0 Å². The molecule has 1 saturated heterocycles. The molecule has 1 aliphatic rings. The second-order valence-electron chi connectivity index (χ2n) is 6.82. The Kier molecular flexibility index (Phi) is 5.71. The van der Waals surface area contributed by atoms with E-state index in [-0.39, 0.29) is 12.0 Å². The van der Waals surface area contributed by atoms with Crippen molar-refractivity contribution in [2.75, 3.05) is 23.3 Å². The van der Waals surface area contributed by atoms with Gasteiger partial charge in [0, 0.05) is 19.2 Å². The van der Waals surface area contributed by atoms with Gasteiger partial charge in [-0.15, -0.1) is 0 Å². The number of aromatic nitrogens is 2. The standard InChI is InChI=1S/C20H26N4O2/c1-14(2)26-18-10-6-5-9-16(18)23-20(25)17-13-19(22-15(3)21-17)24-11-7-4-8-12-24/h5-6,9-10,13-14H,4,7-8,11-12H2,1-3H3,(H,23,25). The molecule has 0 unspecified atom stereocenters. The minimum atomic E-state index is -0.256. The number of ether oxygens (including phenoxy) is 1. The number of nitrogens with zero attached hydrogens (tertiary/aromatic N) is 3. The zero-order chi connectivity index (χ0) is 18.5. The number of hydrogen-bond donors (Lipinski definition) is 1. The number of aryl methyl sites for hydroxylation is 1. The molecule has 6 heteroatoms. The fourth-order valence-corrected chi connectivity index (χ4v) is 3.07. The topological polar surface area (TPSA) is 67.3 Å². The van der Waals surface area contributed by atoms with Crippen molar-refractivity contribution in [2.24, 2.45) is 0 Å². The molecule has 1 fully saturated rings. The van der Waals surface area contributed by atoms with Crippen LogP contribution in [0.2, 0.25) is 0 Å². The van der Waals surface area contributed by atoms with Gasteiger partial charge in [-0.1, -0.05) is 12.1 Å². The summed E-state index contributed by atoms with van der Waals surface area (Å²) < 4.78 is 5.77. The monoisotopic (exact) mass is 354 g/mol.